The molecule has 2 fully saturated rings. The summed E-state index contributed by atoms with van der Waals surface area (Å²) in [6, 6.07) is 4.89. The fourth-order valence-electron chi connectivity index (χ4n) is 5.57. The molecule has 4 rings (SSSR count). The molecule has 0 aromatic heterocycles. The maximum atomic E-state index is 11.7. The van der Waals surface area contributed by atoms with E-state index in [9.17, 15) is 4.79 Å². The van der Waals surface area contributed by atoms with E-state index in [2.05, 4.69) is 29.4 Å². The Hall–Kier alpha value is -1.26. The van der Waals surface area contributed by atoms with Crippen LogP contribution in [0.15, 0.2) is 12.1 Å². The Morgan fingerprint density at radius 2 is 2.25 bits per heavy atom. The Morgan fingerprint density at radius 1 is 1.42 bits per heavy atom. The van der Waals surface area contributed by atoms with E-state index in [-0.39, 0.29) is 17.2 Å². The lowest BCUT2D eigenvalue weighted by Crippen LogP contribution is -2.59. The van der Waals surface area contributed by atoms with Crippen molar-refractivity contribution in [3.63, 3.8) is 0 Å². The molecule has 1 saturated carbocycles. The van der Waals surface area contributed by atoms with E-state index in [1.165, 1.54) is 43.2 Å². The second-order valence-corrected chi connectivity index (χ2v) is 8.06. The number of rotatable bonds is 2. The third-order valence-electron chi connectivity index (χ3n) is 6.68. The molecule has 1 aromatic carbocycles. The molecule has 1 heterocycles. The van der Waals surface area contributed by atoms with Crippen molar-refractivity contribution >= 4 is 28.9 Å². The second-order valence-electron chi connectivity index (χ2n) is 7.79. The van der Waals surface area contributed by atoms with Gasteiger partial charge in [0.1, 0.15) is 5.88 Å². The Labute approximate surface area is 148 Å². The first-order valence-electron chi connectivity index (χ1n) is 9.04. The van der Waals surface area contributed by atoms with Crippen molar-refractivity contribution in [3.05, 3.63) is 23.3 Å². The van der Waals surface area contributed by atoms with E-state index in [1.807, 2.05) is 0 Å². The van der Waals surface area contributed by atoms with Crippen LogP contribution in [-0.2, 0) is 16.6 Å². The molecule has 1 saturated heterocycles. The van der Waals surface area contributed by atoms with Gasteiger partial charge in [0.25, 0.3) is 0 Å². The fraction of sp³-hybridized carbons (Fsp3) is 0.632. The number of amides is 1. The fourth-order valence-corrected chi connectivity index (χ4v) is 5.63. The summed E-state index contributed by atoms with van der Waals surface area (Å²) in [5.41, 5.74) is 10.7. The molecule has 5 heteroatoms. The van der Waals surface area contributed by atoms with Gasteiger partial charge in [0.05, 0.1) is 11.4 Å². The molecule has 3 atom stereocenters. The highest BCUT2D eigenvalue weighted by Crippen LogP contribution is 2.56. The molecular weight excluding hydrogens is 322 g/mol. The van der Waals surface area contributed by atoms with E-state index in [0.29, 0.717) is 11.7 Å². The molecule has 1 unspecified atom stereocenters. The summed E-state index contributed by atoms with van der Waals surface area (Å²) in [5, 5.41) is 2.88. The van der Waals surface area contributed by atoms with Crippen LogP contribution in [0.1, 0.15) is 43.2 Å². The third-order valence-corrected chi connectivity index (χ3v) is 6.92. The number of alkyl halides is 1. The molecule has 1 aromatic rings. The second kappa shape index (κ2) is 5.92. The quantitative estimate of drug-likeness (QED) is 0.638. The molecule has 24 heavy (non-hydrogen) atoms. The summed E-state index contributed by atoms with van der Waals surface area (Å²) in [6.07, 6.45) is 7.53. The zero-order valence-electron chi connectivity index (χ0n) is 14.3. The SMILES string of the molecule is CN1CCC23CCCC[C@H]2[C@H]1Cc1cc(N)c(NC(=O)CCl)cc13. The van der Waals surface area contributed by atoms with Crippen molar-refractivity contribution in [2.24, 2.45) is 5.92 Å². The van der Waals surface area contributed by atoms with Crippen LogP contribution in [0.2, 0.25) is 0 Å². The van der Waals surface area contributed by atoms with Crippen LogP contribution in [0.4, 0.5) is 11.4 Å². The van der Waals surface area contributed by atoms with Gasteiger partial charge in [-0.2, -0.15) is 0 Å². The lowest BCUT2D eigenvalue weighted by atomic mass is 9.52. The number of nitrogens with zero attached hydrogens (tertiary/aromatic N) is 1. The smallest absolute Gasteiger partial charge is 0.239 e. The molecule has 3 N–H and O–H groups in total. The minimum absolute atomic E-state index is 0.0445. The summed E-state index contributed by atoms with van der Waals surface area (Å²) < 4.78 is 0. The van der Waals surface area contributed by atoms with Gasteiger partial charge in [-0.05, 0) is 68.5 Å². The maximum absolute atomic E-state index is 11.7. The largest absolute Gasteiger partial charge is 0.397 e. The molecule has 130 valence electrons. The van der Waals surface area contributed by atoms with Crippen molar-refractivity contribution in [2.45, 2.75) is 50.0 Å². The van der Waals surface area contributed by atoms with Crippen LogP contribution in [0.3, 0.4) is 0 Å². The maximum Gasteiger partial charge on any atom is 0.239 e. The number of halogens is 1. The number of likely N-dealkylation sites (tertiary alicyclic amines) is 1. The summed E-state index contributed by atoms with van der Waals surface area (Å²) in [4.78, 5) is 14.3. The molecule has 4 nitrogen and oxygen atoms in total. The number of piperidine rings is 1. The number of nitrogen functional groups attached to an aromatic ring is 1. The van der Waals surface area contributed by atoms with Crippen molar-refractivity contribution < 1.29 is 4.79 Å². The van der Waals surface area contributed by atoms with Crippen LogP contribution < -0.4 is 11.1 Å². The molecule has 2 bridgehead atoms. The molecule has 0 radical (unpaired) electrons. The molecule has 2 aliphatic carbocycles. The van der Waals surface area contributed by atoms with E-state index in [4.69, 9.17) is 17.3 Å². The number of carbonyl (C=O) groups excluding carboxylic acids is 1. The Morgan fingerprint density at radius 3 is 3.04 bits per heavy atom. The zero-order valence-corrected chi connectivity index (χ0v) is 15.0. The van der Waals surface area contributed by atoms with E-state index in [1.54, 1.807) is 0 Å². The first-order valence-corrected chi connectivity index (χ1v) is 9.57. The van der Waals surface area contributed by atoms with Crippen LogP contribution in [0.25, 0.3) is 0 Å². The Balaban J connectivity index is 1.82. The number of nitrogens with one attached hydrogen (secondary N) is 1. The van der Waals surface area contributed by atoms with Gasteiger partial charge in [-0.15, -0.1) is 11.6 Å². The summed E-state index contributed by atoms with van der Waals surface area (Å²) in [6.45, 7) is 1.16. The number of nitrogens with two attached hydrogens (primary N) is 1. The third kappa shape index (κ3) is 2.34. The van der Waals surface area contributed by atoms with Gasteiger partial charge in [-0.3, -0.25) is 4.79 Å². The molecule has 0 spiro atoms. The number of carbonyl (C=O) groups is 1. The lowest BCUT2D eigenvalue weighted by molar-refractivity contribution is -0.113. The Bertz CT molecular complexity index is 677. The van der Waals surface area contributed by atoms with Gasteiger partial charge in [0.2, 0.25) is 5.91 Å². The number of hydrogen-bond acceptors (Lipinski definition) is 3. The van der Waals surface area contributed by atoms with Crippen LogP contribution in [0, 0.1) is 5.92 Å². The van der Waals surface area contributed by atoms with Gasteiger partial charge < -0.3 is 16.0 Å². The van der Waals surface area contributed by atoms with Gasteiger partial charge in [-0.25, -0.2) is 0 Å². The summed E-state index contributed by atoms with van der Waals surface area (Å²) in [7, 11) is 2.27. The van der Waals surface area contributed by atoms with Crippen LogP contribution in [-0.4, -0.2) is 36.3 Å². The molecule has 3 aliphatic rings. The van der Waals surface area contributed by atoms with Crippen molar-refractivity contribution in [1.82, 2.24) is 4.90 Å². The monoisotopic (exact) mass is 347 g/mol. The van der Waals surface area contributed by atoms with Crippen molar-refractivity contribution in [3.8, 4) is 0 Å². The average Bonchev–Trinajstić information content (AvgIpc) is 2.59. The first kappa shape index (κ1) is 16.2. The van der Waals surface area contributed by atoms with Crippen molar-refractivity contribution in [1.29, 1.82) is 0 Å². The number of benzene rings is 1. The minimum atomic E-state index is -0.196. The zero-order chi connectivity index (χ0) is 16.9. The average molecular weight is 348 g/mol. The standard InChI is InChI=1S/C19H26ClN3O/c1-23-7-6-19-5-3-2-4-13(19)17(23)9-12-8-15(21)16(10-14(12)19)22-18(24)11-20/h8,10,13,17H,2-7,9,11,21H2,1H3,(H,22,24)/t13-,17+,19?/m0/s1. The Kier molecular flexibility index (Phi) is 4.00. The topological polar surface area (TPSA) is 58.4 Å². The van der Waals surface area contributed by atoms with Crippen LogP contribution >= 0.6 is 11.6 Å². The molecule has 1 aliphatic heterocycles. The predicted octanol–water partition coefficient (Wildman–Crippen LogP) is 3.13. The normalized spacial score (nSPS) is 31.9. The van der Waals surface area contributed by atoms with Gasteiger partial charge in [0.15, 0.2) is 0 Å². The molecule has 1 amide bonds. The number of hydrogen-bond donors (Lipinski definition) is 2. The minimum Gasteiger partial charge on any atom is -0.397 e. The van der Waals surface area contributed by atoms with Crippen LogP contribution in [0.5, 0.6) is 0 Å². The van der Waals surface area contributed by atoms with Gasteiger partial charge in [0, 0.05) is 11.5 Å². The first-order chi connectivity index (χ1) is 11.5. The van der Waals surface area contributed by atoms with E-state index < -0.39 is 0 Å². The predicted molar refractivity (Wildman–Crippen MR) is 98.6 cm³/mol. The van der Waals surface area contributed by atoms with Gasteiger partial charge in [-0.1, -0.05) is 12.8 Å². The lowest BCUT2D eigenvalue weighted by Gasteiger charge is -2.58. The van der Waals surface area contributed by atoms with E-state index in [0.717, 1.165) is 24.6 Å². The van der Waals surface area contributed by atoms with E-state index >= 15 is 0 Å². The summed E-state index contributed by atoms with van der Waals surface area (Å²) in [5.74, 6) is 0.493. The molecular formula is C19H26ClN3O. The highest BCUT2D eigenvalue weighted by molar-refractivity contribution is 6.29. The number of anilines is 2. The van der Waals surface area contributed by atoms with Gasteiger partial charge >= 0.3 is 0 Å². The highest BCUT2D eigenvalue weighted by atomic mass is 35.5. The summed E-state index contributed by atoms with van der Waals surface area (Å²) >= 11 is 5.65. The van der Waals surface area contributed by atoms with Crippen molar-refractivity contribution in [2.75, 3.05) is 30.5 Å². The number of fused-ring (bicyclic) bond motifs is 1. The highest BCUT2D eigenvalue weighted by Gasteiger charge is 2.53. The number of likely N-dealkylation sites (N-methyl/N-ethyl adjacent to an activating group) is 1.